The molecule has 2 N–H and O–H groups in total. The highest BCUT2D eigenvalue weighted by Crippen LogP contribution is 2.33. The van der Waals surface area contributed by atoms with Crippen LogP contribution in [-0.4, -0.2) is 34.3 Å². The summed E-state index contributed by atoms with van der Waals surface area (Å²) >= 11 is 13.5. The molecule has 2 heterocycles. The quantitative estimate of drug-likeness (QED) is 0.854. The summed E-state index contributed by atoms with van der Waals surface area (Å²) in [5.74, 6) is -0.855. The molecule has 3 rings (SSSR count). The summed E-state index contributed by atoms with van der Waals surface area (Å²) in [5, 5.41) is 3.40. The summed E-state index contributed by atoms with van der Waals surface area (Å²) in [7, 11) is 0. The van der Waals surface area contributed by atoms with E-state index in [-0.39, 0.29) is 23.8 Å². The molecule has 2 amide bonds. The van der Waals surface area contributed by atoms with Gasteiger partial charge in [0.2, 0.25) is 5.91 Å². The van der Waals surface area contributed by atoms with Gasteiger partial charge in [-0.05, 0) is 38.0 Å². The van der Waals surface area contributed by atoms with Crippen LogP contribution in [0.15, 0.2) is 23.6 Å². The minimum absolute atomic E-state index is 0.0485. The van der Waals surface area contributed by atoms with Crippen molar-refractivity contribution in [3.8, 4) is 10.6 Å². The molecule has 1 saturated heterocycles. The molecule has 25 heavy (non-hydrogen) atoms. The number of nitrogens with zero attached hydrogens (tertiary/aromatic N) is 2. The highest BCUT2D eigenvalue weighted by Gasteiger charge is 2.33. The molecule has 0 unspecified atom stereocenters. The first kappa shape index (κ1) is 18.2. The van der Waals surface area contributed by atoms with E-state index in [1.165, 1.54) is 11.3 Å². The summed E-state index contributed by atoms with van der Waals surface area (Å²) < 4.78 is 0. The van der Waals surface area contributed by atoms with Crippen LogP contribution in [0.1, 0.15) is 30.3 Å². The fraction of sp³-hybridized carbons (Fsp3) is 0.353. The normalized spacial score (nSPS) is 20.5. The zero-order valence-corrected chi connectivity index (χ0v) is 15.9. The highest BCUT2D eigenvalue weighted by molar-refractivity contribution is 7.13. The average Bonchev–Trinajstić information content (AvgIpc) is 3.04. The smallest absolute Gasteiger partial charge is 0.273 e. The van der Waals surface area contributed by atoms with E-state index in [0.717, 1.165) is 12.0 Å². The van der Waals surface area contributed by atoms with Gasteiger partial charge in [0.05, 0.1) is 10.9 Å². The Morgan fingerprint density at radius 2 is 2.08 bits per heavy atom. The van der Waals surface area contributed by atoms with Crippen LogP contribution < -0.4 is 5.73 Å². The Morgan fingerprint density at radius 1 is 1.32 bits per heavy atom. The number of thiazole rings is 1. The largest absolute Gasteiger partial charge is 0.369 e. The van der Waals surface area contributed by atoms with E-state index in [1.807, 2.05) is 6.92 Å². The van der Waals surface area contributed by atoms with Crippen molar-refractivity contribution in [2.24, 2.45) is 11.7 Å². The molecule has 2 atom stereocenters. The van der Waals surface area contributed by atoms with E-state index in [9.17, 15) is 9.59 Å². The van der Waals surface area contributed by atoms with Crippen molar-refractivity contribution in [1.29, 1.82) is 0 Å². The Kier molecular flexibility index (Phi) is 5.32. The van der Waals surface area contributed by atoms with Gasteiger partial charge in [-0.25, -0.2) is 4.98 Å². The summed E-state index contributed by atoms with van der Waals surface area (Å²) in [6.45, 7) is 2.31. The Bertz CT molecular complexity index is 824. The second-order valence-electron chi connectivity index (χ2n) is 6.15. The predicted molar refractivity (Wildman–Crippen MR) is 100.0 cm³/mol. The standard InChI is InChI=1S/C17H17Cl2N3O2S/c1-9-2-3-10(15(20)23)7-22(9)17(24)14-8-25-16(21-14)12-5-4-11(18)6-13(12)19/h4-6,8-10H,2-3,7H2,1H3,(H2,20,23)/t9-,10+/m1/s1. The first-order chi connectivity index (χ1) is 11.9. The minimum atomic E-state index is -0.364. The first-order valence-electron chi connectivity index (χ1n) is 7.88. The molecule has 0 aliphatic carbocycles. The fourth-order valence-corrected chi connectivity index (χ4v) is 4.31. The average molecular weight is 398 g/mol. The highest BCUT2D eigenvalue weighted by atomic mass is 35.5. The summed E-state index contributed by atoms with van der Waals surface area (Å²) in [6.07, 6.45) is 1.46. The van der Waals surface area contributed by atoms with Gasteiger partial charge in [0, 0.05) is 28.6 Å². The number of halogens is 2. The fourth-order valence-electron chi connectivity index (χ4n) is 2.93. The number of likely N-dealkylation sites (tertiary alicyclic amines) is 1. The topological polar surface area (TPSA) is 76.3 Å². The number of hydrogen-bond donors (Lipinski definition) is 1. The third-order valence-corrected chi connectivity index (χ3v) is 5.85. The van der Waals surface area contributed by atoms with Gasteiger partial charge in [0.15, 0.2) is 0 Å². The lowest BCUT2D eigenvalue weighted by atomic mass is 9.93. The Balaban J connectivity index is 1.83. The molecule has 1 aromatic heterocycles. The van der Waals surface area contributed by atoms with Crippen molar-refractivity contribution in [3.63, 3.8) is 0 Å². The minimum Gasteiger partial charge on any atom is -0.369 e. The third kappa shape index (κ3) is 3.81. The number of hydrogen-bond acceptors (Lipinski definition) is 4. The van der Waals surface area contributed by atoms with Crippen molar-refractivity contribution in [1.82, 2.24) is 9.88 Å². The Morgan fingerprint density at radius 3 is 2.76 bits per heavy atom. The summed E-state index contributed by atoms with van der Waals surface area (Å²) in [6, 6.07) is 5.21. The number of carbonyl (C=O) groups excluding carboxylic acids is 2. The zero-order chi connectivity index (χ0) is 18.1. The lowest BCUT2D eigenvalue weighted by molar-refractivity contribution is -0.123. The number of rotatable bonds is 3. The van der Waals surface area contributed by atoms with E-state index in [2.05, 4.69) is 4.98 Å². The van der Waals surface area contributed by atoms with Gasteiger partial charge in [-0.15, -0.1) is 11.3 Å². The van der Waals surface area contributed by atoms with Crippen LogP contribution in [0.2, 0.25) is 10.0 Å². The molecule has 2 aromatic rings. The Hall–Kier alpha value is -1.63. The molecular formula is C17H17Cl2N3O2S. The van der Waals surface area contributed by atoms with Crippen LogP contribution in [0.5, 0.6) is 0 Å². The second kappa shape index (κ2) is 7.32. The number of nitrogens with two attached hydrogens (primary N) is 1. The zero-order valence-electron chi connectivity index (χ0n) is 13.5. The van der Waals surface area contributed by atoms with Crippen molar-refractivity contribution < 1.29 is 9.59 Å². The second-order valence-corrected chi connectivity index (χ2v) is 7.85. The summed E-state index contributed by atoms with van der Waals surface area (Å²) in [5.41, 5.74) is 6.49. The van der Waals surface area contributed by atoms with Crippen LogP contribution in [0.25, 0.3) is 10.6 Å². The summed E-state index contributed by atoms with van der Waals surface area (Å²) in [4.78, 5) is 30.4. The molecule has 5 nitrogen and oxygen atoms in total. The van der Waals surface area contributed by atoms with Crippen molar-refractivity contribution in [3.05, 3.63) is 39.3 Å². The number of carbonyl (C=O) groups is 2. The van der Waals surface area contributed by atoms with Crippen molar-refractivity contribution >= 4 is 46.4 Å². The predicted octanol–water partition coefficient (Wildman–Crippen LogP) is 3.84. The van der Waals surface area contributed by atoms with E-state index in [4.69, 9.17) is 28.9 Å². The SMILES string of the molecule is C[C@@H]1CC[C@H](C(N)=O)CN1C(=O)c1csc(-c2ccc(Cl)cc2Cl)n1. The molecule has 1 aromatic carbocycles. The van der Waals surface area contributed by atoms with E-state index in [1.54, 1.807) is 28.5 Å². The molecule has 0 saturated carbocycles. The van der Waals surface area contributed by atoms with Crippen LogP contribution in [0.4, 0.5) is 0 Å². The van der Waals surface area contributed by atoms with Gasteiger partial charge in [-0.2, -0.15) is 0 Å². The van der Waals surface area contributed by atoms with Crippen LogP contribution >= 0.6 is 34.5 Å². The molecule has 0 radical (unpaired) electrons. The molecule has 0 spiro atoms. The maximum Gasteiger partial charge on any atom is 0.273 e. The number of primary amides is 1. The third-order valence-electron chi connectivity index (χ3n) is 4.43. The molecule has 1 aliphatic rings. The lowest BCUT2D eigenvalue weighted by Gasteiger charge is -2.36. The molecular weight excluding hydrogens is 381 g/mol. The van der Waals surface area contributed by atoms with Gasteiger partial charge in [-0.1, -0.05) is 23.2 Å². The number of aromatic nitrogens is 1. The maximum absolute atomic E-state index is 12.8. The monoisotopic (exact) mass is 397 g/mol. The van der Waals surface area contributed by atoms with Gasteiger partial charge in [0.1, 0.15) is 10.7 Å². The number of amides is 2. The van der Waals surface area contributed by atoms with Gasteiger partial charge in [0.25, 0.3) is 5.91 Å². The van der Waals surface area contributed by atoms with Crippen molar-refractivity contribution in [2.75, 3.05) is 6.54 Å². The van der Waals surface area contributed by atoms with E-state index in [0.29, 0.717) is 33.7 Å². The molecule has 1 aliphatic heterocycles. The first-order valence-corrected chi connectivity index (χ1v) is 9.51. The van der Waals surface area contributed by atoms with E-state index < -0.39 is 0 Å². The molecule has 0 bridgehead atoms. The van der Waals surface area contributed by atoms with Crippen LogP contribution in [0, 0.1) is 5.92 Å². The Labute approximate surface area is 159 Å². The van der Waals surface area contributed by atoms with Crippen LogP contribution in [-0.2, 0) is 4.79 Å². The van der Waals surface area contributed by atoms with Gasteiger partial charge >= 0.3 is 0 Å². The number of piperidine rings is 1. The van der Waals surface area contributed by atoms with Crippen LogP contribution in [0.3, 0.4) is 0 Å². The maximum atomic E-state index is 12.8. The van der Waals surface area contributed by atoms with Gasteiger partial charge < -0.3 is 10.6 Å². The molecule has 1 fully saturated rings. The van der Waals surface area contributed by atoms with Crippen molar-refractivity contribution in [2.45, 2.75) is 25.8 Å². The number of benzene rings is 1. The lowest BCUT2D eigenvalue weighted by Crippen LogP contribution is -2.48. The molecule has 8 heteroatoms. The molecule has 132 valence electrons. The van der Waals surface area contributed by atoms with Gasteiger partial charge in [-0.3, -0.25) is 9.59 Å². The van der Waals surface area contributed by atoms with E-state index >= 15 is 0 Å².